The van der Waals surface area contributed by atoms with Crippen molar-refractivity contribution < 1.29 is 4.42 Å². The summed E-state index contributed by atoms with van der Waals surface area (Å²) in [6.07, 6.45) is 4.39. The van der Waals surface area contributed by atoms with E-state index in [1.165, 1.54) is 0 Å². The van der Waals surface area contributed by atoms with Crippen molar-refractivity contribution in [3.63, 3.8) is 0 Å². The van der Waals surface area contributed by atoms with Gasteiger partial charge in [-0.25, -0.2) is 0 Å². The summed E-state index contributed by atoms with van der Waals surface area (Å²) in [7, 11) is 0. The average molecular weight is 216 g/mol. The Kier molecular flexibility index (Phi) is 3.25. The van der Waals surface area contributed by atoms with E-state index < -0.39 is 0 Å². The van der Waals surface area contributed by atoms with Crippen LogP contribution in [0.3, 0.4) is 0 Å². The van der Waals surface area contributed by atoms with Gasteiger partial charge in [-0.3, -0.25) is 4.98 Å². The fourth-order valence-corrected chi connectivity index (χ4v) is 1.68. The van der Waals surface area contributed by atoms with Gasteiger partial charge in [0.1, 0.15) is 5.76 Å². The van der Waals surface area contributed by atoms with E-state index in [0.29, 0.717) is 6.04 Å². The molecule has 0 radical (unpaired) electrons. The topological polar surface area (TPSA) is 38.1 Å². The summed E-state index contributed by atoms with van der Waals surface area (Å²) in [5.74, 6) is 1.00. The van der Waals surface area contributed by atoms with Crippen LogP contribution in [0.2, 0.25) is 0 Å². The van der Waals surface area contributed by atoms with Gasteiger partial charge in [0.15, 0.2) is 0 Å². The number of nitrogens with one attached hydrogen (secondary N) is 1. The third kappa shape index (κ3) is 2.63. The number of aryl methyl sites for hydroxylation is 1. The maximum Gasteiger partial charge on any atom is 0.105 e. The molecule has 0 aliphatic heterocycles. The summed E-state index contributed by atoms with van der Waals surface area (Å²) in [5.41, 5.74) is 2.11. The number of hydrogen-bond donors (Lipinski definition) is 1. The van der Waals surface area contributed by atoms with Crippen molar-refractivity contribution >= 4 is 5.69 Å². The third-order valence-electron chi connectivity index (χ3n) is 2.50. The first-order valence-electron chi connectivity index (χ1n) is 5.46. The second-order valence-electron chi connectivity index (χ2n) is 3.97. The first kappa shape index (κ1) is 10.7. The molecule has 0 saturated carbocycles. The lowest BCUT2D eigenvalue weighted by molar-refractivity contribution is 0.497. The van der Waals surface area contributed by atoms with Crippen molar-refractivity contribution in [2.24, 2.45) is 0 Å². The van der Waals surface area contributed by atoms with E-state index in [1.54, 1.807) is 12.5 Å². The van der Waals surface area contributed by atoms with Crippen molar-refractivity contribution in [2.45, 2.75) is 26.3 Å². The van der Waals surface area contributed by atoms with Gasteiger partial charge in [0.2, 0.25) is 0 Å². The molecule has 84 valence electrons. The Bertz CT molecular complexity index is 437. The molecule has 1 atom stereocenters. The zero-order chi connectivity index (χ0) is 11.4. The van der Waals surface area contributed by atoms with Crippen LogP contribution in [0.4, 0.5) is 5.69 Å². The van der Waals surface area contributed by atoms with E-state index in [2.05, 4.69) is 17.2 Å². The first-order valence-corrected chi connectivity index (χ1v) is 5.46. The number of hydrogen-bond acceptors (Lipinski definition) is 3. The number of rotatable bonds is 4. The Morgan fingerprint density at radius 1 is 1.38 bits per heavy atom. The van der Waals surface area contributed by atoms with Crippen LogP contribution in [0.1, 0.15) is 18.4 Å². The van der Waals surface area contributed by atoms with E-state index in [-0.39, 0.29) is 0 Å². The lowest BCUT2D eigenvalue weighted by Gasteiger charge is -2.15. The van der Waals surface area contributed by atoms with Crippen LogP contribution in [0.25, 0.3) is 0 Å². The maximum absolute atomic E-state index is 5.32. The Balaban J connectivity index is 1.97. The summed E-state index contributed by atoms with van der Waals surface area (Å²) >= 11 is 0. The Morgan fingerprint density at radius 3 is 2.94 bits per heavy atom. The second kappa shape index (κ2) is 4.84. The van der Waals surface area contributed by atoms with Crippen LogP contribution < -0.4 is 5.32 Å². The molecule has 2 aromatic heterocycles. The number of nitrogens with zero attached hydrogens (tertiary/aromatic N) is 1. The zero-order valence-corrected chi connectivity index (χ0v) is 9.60. The number of furan rings is 1. The maximum atomic E-state index is 5.32. The van der Waals surface area contributed by atoms with Gasteiger partial charge in [0.05, 0.1) is 17.6 Å². The minimum absolute atomic E-state index is 0.328. The molecule has 0 amide bonds. The molecule has 2 aromatic rings. The van der Waals surface area contributed by atoms with Gasteiger partial charge in [-0.1, -0.05) is 0 Å². The summed E-state index contributed by atoms with van der Waals surface area (Å²) in [6, 6.07) is 8.22. The molecular weight excluding hydrogens is 200 g/mol. The molecular formula is C13H16N2O. The van der Waals surface area contributed by atoms with Crippen LogP contribution >= 0.6 is 0 Å². The lowest BCUT2D eigenvalue weighted by atomic mass is 10.2. The summed E-state index contributed by atoms with van der Waals surface area (Å²) in [6.45, 7) is 4.14. The van der Waals surface area contributed by atoms with Gasteiger partial charge in [0, 0.05) is 18.7 Å². The normalized spacial score (nSPS) is 12.4. The fourth-order valence-electron chi connectivity index (χ4n) is 1.68. The second-order valence-corrected chi connectivity index (χ2v) is 3.97. The lowest BCUT2D eigenvalue weighted by Crippen LogP contribution is -2.18. The molecule has 0 fully saturated rings. The minimum Gasteiger partial charge on any atom is -0.469 e. The highest BCUT2D eigenvalue weighted by Crippen LogP contribution is 2.14. The standard InChI is InChI=1S/C13H16N2O/c1-10(9-12-5-4-8-16-12)15-13-6-3-7-14-11(13)2/h3-8,10,15H,9H2,1-2H3. The average Bonchev–Trinajstić information content (AvgIpc) is 2.74. The van der Waals surface area contributed by atoms with Crippen molar-refractivity contribution in [1.29, 1.82) is 0 Å². The van der Waals surface area contributed by atoms with Crippen LogP contribution in [0, 0.1) is 6.92 Å². The molecule has 2 rings (SSSR count). The molecule has 1 N–H and O–H groups in total. The SMILES string of the molecule is Cc1ncccc1NC(C)Cc1ccco1. The molecule has 3 heteroatoms. The molecule has 2 heterocycles. The van der Waals surface area contributed by atoms with E-state index in [1.807, 2.05) is 31.2 Å². The largest absolute Gasteiger partial charge is 0.469 e. The van der Waals surface area contributed by atoms with Crippen LogP contribution in [-0.4, -0.2) is 11.0 Å². The van der Waals surface area contributed by atoms with Crippen molar-refractivity contribution in [1.82, 2.24) is 4.98 Å². The molecule has 1 unspecified atom stereocenters. The van der Waals surface area contributed by atoms with E-state index in [0.717, 1.165) is 23.6 Å². The van der Waals surface area contributed by atoms with Crippen LogP contribution in [-0.2, 0) is 6.42 Å². The van der Waals surface area contributed by atoms with Gasteiger partial charge in [0.25, 0.3) is 0 Å². The molecule has 0 saturated heterocycles. The highest BCUT2D eigenvalue weighted by atomic mass is 16.3. The van der Waals surface area contributed by atoms with Crippen LogP contribution in [0.5, 0.6) is 0 Å². The molecule has 3 nitrogen and oxygen atoms in total. The van der Waals surface area contributed by atoms with Crippen molar-refractivity contribution in [3.8, 4) is 0 Å². The molecule has 0 aliphatic rings. The molecule has 0 aromatic carbocycles. The predicted molar refractivity (Wildman–Crippen MR) is 64.5 cm³/mol. The van der Waals surface area contributed by atoms with E-state index in [9.17, 15) is 0 Å². The highest BCUT2D eigenvalue weighted by molar-refractivity contribution is 5.47. The quantitative estimate of drug-likeness (QED) is 0.853. The number of pyridine rings is 1. The smallest absolute Gasteiger partial charge is 0.105 e. The van der Waals surface area contributed by atoms with E-state index >= 15 is 0 Å². The fraction of sp³-hybridized carbons (Fsp3) is 0.308. The minimum atomic E-state index is 0.328. The summed E-state index contributed by atoms with van der Waals surface area (Å²) < 4.78 is 5.32. The third-order valence-corrected chi connectivity index (χ3v) is 2.50. The number of aromatic nitrogens is 1. The monoisotopic (exact) mass is 216 g/mol. The molecule has 0 spiro atoms. The highest BCUT2D eigenvalue weighted by Gasteiger charge is 2.06. The van der Waals surface area contributed by atoms with Gasteiger partial charge in [-0.05, 0) is 38.1 Å². The van der Waals surface area contributed by atoms with Crippen molar-refractivity contribution in [2.75, 3.05) is 5.32 Å². The van der Waals surface area contributed by atoms with E-state index in [4.69, 9.17) is 4.42 Å². The Hall–Kier alpha value is -1.77. The molecule has 0 bridgehead atoms. The molecule has 16 heavy (non-hydrogen) atoms. The predicted octanol–water partition coefficient (Wildman–Crippen LogP) is 3.03. The van der Waals surface area contributed by atoms with Crippen molar-refractivity contribution in [3.05, 3.63) is 48.2 Å². The molecule has 0 aliphatic carbocycles. The summed E-state index contributed by atoms with van der Waals surface area (Å²) in [5, 5.41) is 3.43. The van der Waals surface area contributed by atoms with Gasteiger partial charge in [-0.15, -0.1) is 0 Å². The van der Waals surface area contributed by atoms with Crippen LogP contribution in [0.15, 0.2) is 41.1 Å². The first-order chi connectivity index (χ1) is 7.75. The Morgan fingerprint density at radius 2 is 2.25 bits per heavy atom. The van der Waals surface area contributed by atoms with Gasteiger partial charge in [-0.2, -0.15) is 0 Å². The summed E-state index contributed by atoms with van der Waals surface area (Å²) in [4.78, 5) is 4.24. The van der Waals surface area contributed by atoms with Gasteiger partial charge >= 0.3 is 0 Å². The number of anilines is 1. The van der Waals surface area contributed by atoms with Gasteiger partial charge < -0.3 is 9.73 Å². The Labute approximate surface area is 95.5 Å². The zero-order valence-electron chi connectivity index (χ0n) is 9.60.